The Kier molecular flexibility index (Phi) is 3.65. The minimum absolute atomic E-state index is 0.203. The number of furan rings is 2. The van der Waals surface area contributed by atoms with Crippen LogP contribution in [0.4, 0.5) is 0 Å². The van der Waals surface area contributed by atoms with E-state index in [1.807, 2.05) is 0 Å². The minimum atomic E-state index is -0.986. The molecule has 1 aromatic carbocycles. The van der Waals surface area contributed by atoms with Gasteiger partial charge < -0.3 is 19.3 Å². The lowest BCUT2D eigenvalue weighted by Crippen LogP contribution is -2.25. The maximum absolute atomic E-state index is 11.7. The Morgan fingerprint density at radius 3 is 2.77 bits per heavy atom. The zero-order chi connectivity index (χ0) is 15.5. The van der Waals surface area contributed by atoms with E-state index in [2.05, 4.69) is 5.32 Å². The Morgan fingerprint density at radius 1 is 1.18 bits per heavy atom. The quantitative estimate of drug-likeness (QED) is 0.755. The van der Waals surface area contributed by atoms with Crippen molar-refractivity contribution in [2.24, 2.45) is 0 Å². The van der Waals surface area contributed by atoms with Gasteiger partial charge in [-0.25, -0.2) is 4.79 Å². The van der Waals surface area contributed by atoms with E-state index in [0.29, 0.717) is 18.5 Å². The molecule has 0 aliphatic rings. The van der Waals surface area contributed by atoms with Crippen LogP contribution in [0.1, 0.15) is 26.5 Å². The highest BCUT2D eigenvalue weighted by atomic mass is 16.4. The van der Waals surface area contributed by atoms with Gasteiger partial charge in [-0.05, 0) is 42.3 Å². The van der Waals surface area contributed by atoms with Crippen LogP contribution in [-0.2, 0) is 6.42 Å². The average Bonchev–Trinajstić information content (AvgIpc) is 3.16. The summed E-state index contributed by atoms with van der Waals surface area (Å²) in [5.41, 5.74) is 1.67. The van der Waals surface area contributed by atoms with Crippen LogP contribution in [0.25, 0.3) is 11.0 Å². The van der Waals surface area contributed by atoms with Gasteiger partial charge in [0, 0.05) is 11.9 Å². The predicted octanol–water partition coefficient (Wildman–Crippen LogP) is 2.70. The second-order valence-electron chi connectivity index (χ2n) is 4.76. The molecule has 112 valence electrons. The Balaban J connectivity index is 1.70. The van der Waals surface area contributed by atoms with Crippen molar-refractivity contribution in [2.45, 2.75) is 6.42 Å². The fourth-order valence-corrected chi connectivity index (χ4v) is 2.21. The number of nitrogens with one attached hydrogen (secondary N) is 1. The molecular weight excluding hydrogens is 286 g/mol. The molecule has 6 heteroatoms. The van der Waals surface area contributed by atoms with E-state index in [1.54, 1.807) is 30.5 Å². The SMILES string of the molecule is O=C(O)c1ccc2occ(CCNC(=O)c3ccco3)c2c1. The summed E-state index contributed by atoms with van der Waals surface area (Å²) in [6.45, 7) is 0.394. The highest BCUT2D eigenvalue weighted by molar-refractivity contribution is 5.94. The topological polar surface area (TPSA) is 92.7 Å². The van der Waals surface area contributed by atoms with Crippen molar-refractivity contribution in [1.29, 1.82) is 0 Å². The first-order valence-corrected chi connectivity index (χ1v) is 6.70. The molecule has 0 unspecified atom stereocenters. The molecule has 0 saturated heterocycles. The molecule has 2 heterocycles. The normalized spacial score (nSPS) is 10.7. The molecule has 3 aromatic rings. The van der Waals surface area contributed by atoms with Crippen LogP contribution in [0, 0.1) is 0 Å². The molecular formula is C16H13NO5. The fourth-order valence-electron chi connectivity index (χ4n) is 2.21. The van der Waals surface area contributed by atoms with E-state index in [4.69, 9.17) is 13.9 Å². The van der Waals surface area contributed by atoms with E-state index in [0.717, 1.165) is 10.9 Å². The highest BCUT2D eigenvalue weighted by Gasteiger charge is 2.11. The van der Waals surface area contributed by atoms with Crippen LogP contribution in [0.15, 0.2) is 51.7 Å². The summed E-state index contributed by atoms with van der Waals surface area (Å²) in [5.74, 6) is -1.02. The molecule has 3 rings (SSSR count). The van der Waals surface area contributed by atoms with E-state index in [-0.39, 0.29) is 17.2 Å². The van der Waals surface area contributed by atoms with Crippen molar-refractivity contribution >= 4 is 22.8 Å². The monoisotopic (exact) mass is 299 g/mol. The molecule has 0 aliphatic heterocycles. The van der Waals surface area contributed by atoms with Gasteiger partial charge in [0.1, 0.15) is 5.58 Å². The van der Waals surface area contributed by atoms with Gasteiger partial charge in [-0.15, -0.1) is 0 Å². The smallest absolute Gasteiger partial charge is 0.335 e. The summed E-state index contributed by atoms with van der Waals surface area (Å²) in [5, 5.41) is 12.5. The van der Waals surface area contributed by atoms with Crippen LogP contribution in [0.2, 0.25) is 0 Å². The van der Waals surface area contributed by atoms with E-state index < -0.39 is 5.97 Å². The Morgan fingerprint density at radius 2 is 2.05 bits per heavy atom. The maximum atomic E-state index is 11.7. The third-order valence-corrected chi connectivity index (χ3v) is 3.33. The van der Waals surface area contributed by atoms with Crippen molar-refractivity contribution in [2.75, 3.05) is 6.54 Å². The largest absolute Gasteiger partial charge is 0.478 e. The van der Waals surface area contributed by atoms with Gasteiger partial charge in [-0.1, -0.05) is 0 Å². The van der Waals surface area contributed by atoms with Crippen molar-refractivity contribution in [3.8, 4) is 0 Å². The molecule has 1 amide bonds. The van der Waals surface area contributed by atoms with Gasteiger partial charge in [0.05, 0.1) is 18.1 Å². The number of carbonyl (C=O) groups excluding carboxylic acids is 1. The number of hydrogen-bond acceptors (Lipinski definition) is 4. The van der Waals surface area contributed by atoms with Gasteiger partial charge in [-0.3, -0.25) is 4.79 Å². The summed E-state index contributed by atoms with van der Waals surface area (Å²) in [7, 11) is 0. The number of aromatic carboxylic acids is 1. The zero-order valence-electron chi connectivity index (χ0n) is 11.5. The number of rotatable bonds is 5. The summed E-state index contributed by atoms with van der Waals surface area (Å²) >= 11 is 0. The van der Waals surface area contributed by atoms with Crippen LogP contribution >= 0.6 is 0 Å². The number of benzene rings is 1. The number of carbonyl (C=O) groups is 2. The summed E-state index contributed by atoms with van der Waals surface area (Å²) in [6, 6.07) is 7.93. The van der Waals surface area contributed by atoms with E-state index in [1.165, 1.54) is 12.3 Å². The third kappa shape index (κ3) is 2.71. The van der Waals surface area contributed by atoms with E-state index >= 15 is 0 Å². The van der Waals surface area contributed by atoms with Crippen LogP contribution in [0.3, 0.4) is 0 Å². The maximum Gasteiger partial charge on any atom is 0.335 e. The first kappa shape index (κ1) is 13.9. The standard InChI is InChI=1S/C16H13NO5/c18-15(14-2-1-7-21-14)17-6-5-11-9-22-13-4-3-10(16(19)20)8-12(11)13/h1-4,7-9H,5-6H2,(H,17,18)(H,19,20). The minimum Gasteiger partial charge on any atom is -0.478 e. The Hall–Kier alpha value is -3.02. The molecule has 2 N–H and O–H groups in total. The molecule has 0 bridgehead atoms. The molecule has 22 heavy (non-hydrogen) atoms. The number of carboxylic acid groups (broad SMARTS) is 1. The van der Waals surface area contributed by atoms with Crippen molar-refractivity contribution in [3.63, 3.8) is 0 Å². The van der Waals surface area contributed by atoms with Crippen LogP contribution in [0.5, 0.6) is 0 Å². The van der Waals surface area contributed by atoms with Gasteiger partial charge >= 0.3 is 5.97 Å². The second-order valence-corrected chi connectivity index (χ2v) is 4.76. The molecule has 0 saturated carbocycles. The van der Waals surface area contributed by atoms with Crippen LogP contribution in [-0.4, -0.2) is 23.5 Å². The van der Waals surface area contributed by atoms with Crippen LogP contribution < -0.4 is 5.32 Å². The first-order valence-electron chi connectivity index (χ1n) is 6.70. The third-order valence-electron chi connectivity index (χ3n) is 3.33. The number of amides is 1. The van der Waals surface area contributed by atoms with Gasteiger partial charge in [0.15, 0.2) is 5.76 Å². The molecule has 0 radical (unpaired) electrons. The summed E-state index contributed by atoms with van der Waals surface area (Å²) in [6.07, 6.45) is 3.55. The van der Waals surface area contributed by atoms with Crippen molar-refractivity contribution in [3.05, 3.63) is 59.7 Å². The Bertz CT molecular complexity index is 816. The average molecular weight is 299 g/mol. The van der Waals surface area contributed by atoms with Crippen molar-refractivity contribution in [1.82, 2.24) is 5.32 Å². The lowest BCUT2D eigenvalue weighted by atomic mass is 10.1. The molecule has 2 aromatic heterocycles. The van der Waals surface area contributed by atoms with Gasteiger partial charge in [-0.2, -0.15) is 0 Å². The van der Waals surface area contributed by atoms with Gasteiger partial charge in [0.2, 0.25) is 0 Å². The lowest BCUT2D eigenvalue weighted by molar-refractivity contribution is 0.0696. The number of carboxylic acids is 1. The van der Waals surface area contributed by atoms with Crippen molar-refractivity contribution < 1.29 is 23.5 Å². The molecule has 0 spiro atoms. The van der Waals surface area contributed by atoms with Gasteiger partial charge in [0.25, 0.3) is 5.91 Å². The second kappa shape index (κ2) is 5.77. The van der Waals surface area contributed by atoms with E-state index in [9.17, 15) is 9.59 Å². The predicted molar refractivity (Wildman–Crippen MR) is 77.9 cm³/mol. The fraction of sp³-hybridized carbons (Fsp3) is 0.125. The summed E-state index contributed by atoms with van der Waals surface area (Å²) in [4.78, 5) is 22.7. The first-order chi connectivity index (χ1) is 10.6. The highest BCUT2D eigenvalue weighted by Crippen LogP contribution is 2.23. The molecule has 0 atom stereocenters. The Labute approximate surface area is 125 Å². The number of fused-ring (bicyclic) bond motifs is 1. The number of hydrogen-bond donors (Lipinski definition) is 2. The summed E-state index contributed by atoms with van der Waals surface area (Å²) < 4.78 is 10.4. The molecule has 0 aliphatic carbocycles. The molecule has 6 nitrogen and oxygen atoms in total. The lowest BCUT2D eigenvalue weighted by Gasteiger charge is -2.02. The molecule has 0 fully saturated rings. The zero-order valence-corrected chi connectivity index (χ0v) is 11.5.